The minimum absolute atomic E-state index is 0.0490. The average Bonchev–Trinajstić information content (AvgIpc) is 3.40. The van der Waals surface area contributed by atoms with Gasteiger partial charge >= 0.3 is 12.2 Å². The number of alkyl halides is 3. The molecule has 0 bridgehead atoms. The van der Waals surface area contributed by atoms with Gasteiger partial charge in [0.25, 0.3) is 0 Å². The van der Waals surface area contributed by atoms with Crippen LogP contribution in [-0.4, -0.2) is 56.1 Å². The number of aromatic nitrogens is 2. The standard InChI is InChI=1S/C36H42F3N5O5Si/c1-23(2)48-29-9-7-24(15-25(29)17-40)27-18-44(22-46-13-14-50(4,5)6)33-32(27)31(11-12-41-33)49-30-10-8-26(16-28(30)36(37,38)39)43-34(45)42-19-35(3)20-47-21-35/h7-12,15-16,18,23H,13-14,19-22H2,1-6H3,(H2,42,43,45). The summed E-state index contributed by atoms with van der Waals surface area (Å²) in [5, 5.41) is 15.5. The molecule has 1 saturated heterocycles. The van der Waals surface area contributed by atoms with Gasteiger partial charge in [0.1, 0.15) is 41.3 Å². The van der Waals surface area contributed by atoms with Crippen LogP contribution in [0.25, 0.3) is 22.2 Å². The third-order valence-corrected chi connectivity index (χ3v) is 9.76. The van der Waals surface area contributed by atoms with Crippen molar-refractivity contribution in [1.82, 2.24) is 14.9 Å². The Kier molecular flexibility index (Phi) is 10.8. The third-order valence-electron chi connectivity index (χ3n) is 8.06. The van der Waals surface area contributed by atoms with Crippen molar-refractivity contribution in [3.63, 3.8) is 0 Å². The molecule has 10 nitrogen and oxygen atoms in total. The molecule has 50 heavy (non-hydrogen) atoms. The van der Waals surface area contributed by atoms with E-state index in [0.717, 1.165) is 12.1 Å². The normalized spacial score (nSPS) is 14.3. The maximum atomic E-state index is 14.5. The molecule has 2 aromatic carbocycles. The number of carbonyl (C=O) groups excluding carboxylic acids is 1. The van der Waals surface area contributed by atoms with Gasteiger partial charge < -0.3 is 34.1 Å². The number of nitriles is 1. The summed E-state index contributed by atoms with van der Waals surface area (Å²) < 4.78 is 68.2. The van der Waals surface area contributed by atoms with Gasteiger partial charge in [-0.25, -0.2) is 9.78 Å². The molecule has 0 spiro atoms. The summed E-state index contributed by atoms with van der Waals surface area (Å²) >= 11 is 0. The molecule has 3 heterocycles. The van der Waals surface area contributed by atoms with E-state index >= 15 is 0 Å². The van der Waals surface area contributed by atoms with Crippen molar-refractivity contribution in [2.75, 3.05) is 31.7 Å². The molecule has 1 aliphatic rings. The summed E-state index contributed by atoms with van der Waals surface area (Å²) in [5.41, 5.74) is 0.602. The van der Waals surface area contributed by atoms with Crippen molar-refractivity contribution >= 4 is 30.8 Å². The number of benzene rings is 2. The lowest BCUT2D eigenvalue weighted by Crippen LogP contribution is -2.49. The van der Waals surface area contributed by atoms with Gasteiger partial charge in [0, 0.05) is 50.3 Å². The maximum absolute atomic E-state index is 14.5. The molecule has 4 aromatic rings. The Morgan fingerprint density at radius 3 is 2.50 bits per heavy atom. The summed E-state index contributed by atoms with van der Waals surface area (Å²) in [6, 6.07) is 12.5. The van der Waals surface area contributed by atoms with Crippen LogP contribution < -0.4 is 20.1 Å². The molecule has 0 atom stereocenters. The van der Waals surface area contributed by atoms with Crippen LogP contribution in [0.15, 0.2) is 54.9 Å². The topological polar surface area (TPSA) is 120 Å². The van der Waals surface area contributed by atoms with Crippen LogP contribution in [-0.2, 0) is 22.4 Å². The van der Waals surface area contributed by atoms with Gasteiger partial charge in [-0.15, -0.1) is 0 Å². The van der Waals surface area contributed by atoms with E-state index in [9.17, 15) is 23.2 Å². The van der Waals surface area contributed by atoms with Crippen LogP contribution in [0.4, 0.5) is 23.7 Å². The van der Waals surface area contributed by atoms with Crippen molar-refractivity contribution in [3.8, 4) is 34.4 Å². The fourth-order valence-corrected chi connectivity index (χ4v) is 6.09. The number of rotatable bonds is 13. The summed E-state index contributed by atoms with van der Waals surface area (Å²) in [5.74, 6) is 0.0769. The highest BCUT2D eigenvalue weighted by atomic mass is 28.3. The van der Waals surface area contributed by atoms with Crippen molar-refractivity contribution in [3.05, 3.63) is 66.0 Å². The SMILES string of the molecule is CC(C)Oc1ccc(-c2cn(COCC[Si](C)(C)C)c3nccc(Oc4ccc(NC(=O)NCC5(C)COC5)cc4C(F)(F)F)c23)cc1C#N. The lowest BCUT2D eigenvalue weighted by atomic mass is 9.89. The van der Waals surface area contributed by atoms with Crippen molar-refractivity contribution in [2.24, 2.45) is 5.41 Å². The van der Waals surface area contributed by atoms with Gasteiger partial charge in [-0.2, -0.15) is 18.4 Å². The zero-order valence-electron chi connectivity index (χ0n) is 29.0. The first-order valence-corrected chi connectivity index (χ1v) is 20.0. The number of amides is 2. The molecule has 2 N–H and O–H groups in total. The predicted molar refractivity (Wildman–Crippen MR) is 187 cm³/mol. The average molecular weight is 710 g/mol. The van der Waals surface area contributed by atoms with E-state index in [0.29, 0.717) is 59.8 Å². The highest BCUT2D eigenvalue weighted by molar-refractivity contribution is 6.76. The lowest BCUT2D eigenvalue weighted by Gasteiger charge is -2.37. The number of nitrogens with one attached hydrogen (secondary N) is 2. The monoisotopic (exact) mass is 709 g/mol. The highest BCUT2D eigenvalue weighted by Crippen LogP contribution is 2.43. The molecular formula is C36H42F3N5O5Si. The Morgan fingerprint density at radius 1 is 1.12 bits per heavy atom. The van der Waals surface area contributed by atoms with Crippen molar-refractivity contribution in [2.45, 2.75) is 65.5 Å². The molecule has 0 saturated carbocycles. The Labute approximate surface area is 290 Å². The Morgan fingerprint density at radius 2 is 1.86 bits per heavy atom. The molecular weight excluding hydrogens is 668 g/mol. The third kappa shape index (κ3) is 8.95. The van der Waals surface area contributed by atoms with Gasteiger partial charge in [-0.3, -0.25) is 0 Å². The summed E-state index contributed by atoms with van der Waals surface area (Å²) in [6.45, 7) is 14.4. The van der Waals surface area contributed by atoms with Gasteiger partial charge in [-0.1, -0.05) is 32.6 Å². The van der Waals surface area contributed by atoms with Gasteiger partial charge in [-0.05, 0) is 61.9 Å². The minimum Gasteiger partial charge on any atom is -0.490 e. The van der Waals surface area contributed by atoms with E-state index in [2.05, 4.69) is 41.3 Å². The van der Waals surface area contributed by atoms with E-state index in [1.165, 1.54) is 24.4 Å². The number of fused-ring (bicyclic) bond motifs is 1. The Balaban J connectivity index is 1.51. The van der Waals surface area contributed by atoms with E-state index in [1.54, 1.807) is 29.0 Å². The first-order chi connectivity index (χ1) is 23.5. The molecule has 0 radical (unpaired) electrons. The van der Waals surface area contributed by atoms with Crippen molar-refractivity contribution in [1.29, 1.82) is 5.26 Å². The highest BCUT2D eigenvalue weighted by Gasteiger charge is 2.36. The number of anilines is 1. The number of carbonyl (C=O) groups is 1. The quantitative estimate of drug-likeness (QED) is 0.105. The molecule has 14 heteroatoms. The van der Waals surface area contributed by atoms with E-state index in [-0.39, 0.29) is 29.7 Å². The number of hydrogen-bond acceptors (Lipinski definition) is 7. The number of hydrogen-bond donors (Lipinski definition) is 2. The summed E-state index contributed by atoms with van der Waals surface area (Å²) in [4.78, 5) is 17.1. The number of ether oxygens (including phenoxy) is 4. The number of pyridine rings is 1. The van der Waals surface area contributed by atoms with Crippen LogP contribution in [0.1, 0.15) is 31.9 Å². The largest absolute Gasteiger partial charge is 0.490 e. The van der Waals surface area contributed by atoms with Crippen LogP contribution in [0.5, 0.6) is 17.2 Å². The fourth-order valence-electron chi connectivity index (χ4n) is 5.33. The fraction of sp³-hybridized carbons (Fsp3) is 0.417. The summed E-state index contributed by atoms with van der Waals surface area (Å²) in [6.07, 6.45) is -1.71. The van der Waals surface area contributed by atoms with Crippen LogP contribution in [0.3, 0.4) is 0 Å². The van der Waals surface area contributed by atoms with Crippen LogP contribution >= 0.6 is 0 Å². The first kappa shape index (κ1) is 36.7. The van der Waals surface area contributed by atoms with E-state index < -0.39 is 31.6 Å². The smallest absolute Gasteiger partial charge is 0.420 e. The zero-order chi connectivity index (χ0) is 36.3. The van der Waals surface area contributed by atoms with E-state index in [4.69, 9.17) is 18.9 Å². The minimum atomic E-state index is -4.81. The second kappa shape index (κ2) is 14.7. The molecule has 2 aromatic heterocycles. The first-order valence-electron chi connectivity index (χ1n) is 16.3. The lowest BCUT2D eigenvalue weighted by molar-refractivity contribution is -0.138. The number of urea groups is 1. The molecule has 5 rings (SSSR count). The molecule has 0 aliphatic carbocycles. The molecule has 1 aliphatic heterocycles. The van der Waals surface area contributed by atoms with Gasteiger partial charge in [0.15, 0.2) is 0 Å². The van der Waals surface area contributed by atoms with Crippen molar-refractivity contribution < 1.29 is 36.9 Å². The summed E-state index contributed by atoms with van der Waals surface area (Å²) in [7, 11) is -1.36. The second-order valence-corrected chi connectivity index (χ2v) is 19.9. The van der Waals surface area contributed by atoms with Crippen LogP contribution in [0, 0.1) is 16.7 Å². The van der Waals surface area contributed by atoms with Crippen LogP contribution in [0.2, 0.25) is 25.7 Å². The maximum Gasteiger partial charge on any atom is 0.420 e. The van der Waals surface area contributed by atoms with E-state index in [1.807, 2.05) is 20.8 Å². The van der Waals surface area contributed by atoms with Gasteiger partial charge in [0.2, 0.25) is 0 Å². The predicted octanol–water partition coefficient (Wildman–Crippen LogP) is 8.64. The number of halogens is 3. The molecule has 1 fully saturated rings. The Bertz CT molecular complexity index is 1890. The number of nitrogens with zero attached hydrogens (tertiary/aromatic N) is 3. The second-order valence-electron chi connectivity index (χ2n) is 14.3. The zero-order valence-corrected chi connectivity index (χ0v) is 30.0. The molecule has 0 unspecified atom stereocenters. The Hall–Kier alpha value is -4.58. The van der Waals surface area contributed by atoms with Gasteiger partial charge in [0.05, 0.1) is 30.3 Å². The molecule has 2 amide bonds. The molecule has 266 valence electrons.